The first kappa shape index (κ1) is 9.75. The van der Waals surface area contributed by atoms with Gasteiger partial charge < -0.3 is 0 Å². The lowest BCUT2D eigenvalue weighted by Gasteiger charge is -1.99. The van der Waals surface area contributed by atoms with Gasteiger partial charge in [0.2, 0.25) is 4.47 Å². The van der Waals surface area contributed by atoms with Gasteiger partial charge in [-0.1, -0.05) is 36.4 Å². The molecule has 4 heteroatoms. The van der Waals surface area contributed by atoms with Crippen LogP contribution >= 0.6 is 23.1 Å². The van der Waals surface area contributed by atoms with Crippen molar-refractivity contribution in [1.29, 1.82) is 0 Å². The van der Waals surface area contributed by atoms with Crippen LogP contribution < -0.4 is 0 Å². The topological polar surface area (TPSA) is 25.8 Å². The molecule has 16 heavy (non-hydrogen) atoms. The van der Waals surface area contributed by atoms with Gasteiger partial charge >= 0.3 is 0 Å². The fraction of sp³-hybridized carbons (Fsp3) is 0. The largest absolute Gasteiger partial charge is 0.203 e. The molecule has 2 nitrogen and oxygen atoms in total. The molecule has 0 atom stereocenters. The van der Waals surface area contributed by atoms with Crippen LogP contribution in [0, 0.1) is 0 Å². The summed E-state index contributed by atoms with van der Waals surface area (Å²) in [7, 11) is 0. The van der Waals surface area contributed by atoms with Crippen molar-refractivity contribution in [3.63, 3.8) is 0 Å². The predicted molar refractivity (Wildman–Crippen MR) is 67.9 cm³/mol. The Hall–Kier alpha value is -1.45. The standard InChI is InChI=1S/C12H7ClN2S/c13-12-14-11(15-16-12)10-6-5-8-3-1-2-4-9(8)7-10/h1-7H. The van der Waals surface area contributed by atoms with Crippen LogP contribution in [0.4, 0.5) is 0 Å². The molecule has 3 aromatic rings. The highest BCUT2D eigenvalue weighted by Gasteiger charge is 2.05. The second-order valence-corrected chi connectivity index (χ2v) is 4.77. The third-order valence-corrected chi connectivity index (χ3v) is 3.21. The molecule has 0 aliphatic rings. The Morgan fingerprint density at radius 3 is 2.56 bits per heavy atom. The van der Waals surface area contributed by atoms with Crippen molar-refractivity contribution >= 4 is 33.9 Å². The minimum absolute atomic E-state index is 0.475. The third-order valence-electron chi connectivity index (χ3n) is 2.41. The smallest absolute Gasteiger partial charge is 0.203 e. The van der Waals surface area contributed by atoms with Crippen LogP contribution in [0.3, 0.4) is 0 Å². The van der Waals surface area contributed by atoms with Crippen LogP contribution in [0.1, 0.15) is 0 Å². The van der Waals surface area contributed by atoms with Crippen LogP contribution in [-0.2, 0) is 0 Å². The first-order valence-corrected chi connectivity index (χ1v) is 5.96. The molecule has 0 spiro atoms. The zero-order valence-electron chi connectivity index (χ0n) is 8.22. The van der Waals surface area contributed by atoms with E-state index < -0.39 is 0 Å². The molecule has 1 aromatic heterocycles. The van der Waals surface area contributed by atoms with E-state index in [0.29, 0.717) is 10.3 Å². The van der Waals surface area contributed by atoms with Gasteiger partial charge in [0.15, 0.2) is 5.82 Å². The summed E-state index contributed by atoms with van der Waals surface area (Å²) in [6.07, 6.45) is 0. The fourth-order valence-electron chi connectivity index (χ4n) is 1.65. The van der Waals surface area contributed by atoms with Gasteiger partial charge in [-0.05, 0) is 40.0 Å². The Kier molecular flexibility index (Phi) is 2.35. The van der Waals surface area contributed by atoms with Crippen LogP contribution in [0.25, 0.3) is 22.2 Å². The summed E-state index contributed by atoms with van der Waals surface area (Å²) in [5, 5.41) is 2.40. The molecule has 3 rings (SSSR count). The van der Waals surface area contributed by atoms with Crippen molar-refractivity contribution in [3.8, 4) is 11.4 Å². The lowest BCUT2D eigenvalue weighted by atomic mass is 10.1. The molecular weight excluding hydrogens is 240 g/mol. The van der Waals surface area contributed by atoms with E-state index in [4.69, 9.17) is 11.6 Å². The molecule has 0 bridgehead atoms. The second-order valence-electron chi connectivity index (χ2n) is 3.43. The molecule has 0 unspecified atom stereocenters. The highest BCUT2D eigenvalue weighted by atomic mass is 35.5. The number of nitrogens with zero attached hydrogens (tertiary/aromatic N) is 2. The number of hydrogen-bond donors (Lipinski definition) is 0. The summed E-state index contributed by atoms with van der Waals surface area (Å²) in [6.45, 7) is 0. The average molecular weight is 247 g/mol. The third kappa shape index (κ3) is 1.68. The van der Waals surface area contributed by atoms with Crippen molar-refractivity contribution in [2.75, 3.05) is 0 Å². The number of benzene rings is 2. The van der Waals surface area contributed by atoms with Crippen LogP contribution in [0.2, 0.25) is 4.47 Å². The molecule has 0 saturated heterocycles. The molecule has 78 valence electrons. The SMILES string of the molecule is Clc1nc(-c2ccc3ccccc3c2)ns1. The number of hydrogen-bond acceptors (Lipinski definition) is 3. The summed E-state index contributed by atoms with van der Waals surface area (Å²) < 4.78 is 4.67. The van der Waals surface area contributed by atoms with Crippen molar-refractivity contribution in [2.24, 2.45) is 0 Å². The number of rotatable bonds is 1. The number of halogens is 1. The Labute approximate surface area is 102 Å². The van der Waals surface area contributed by atoms with Gasteiger partial charge in [0.25, 0.3) is 0 Å². The highest BCUT2D eigenvalue weighted by Crippen LogP contribution is 2.24. The van der Waals surface area contributed by atoms with Gasteiger partial charge in [0, 0.05) is 5.56 Å². The Morgan fingerprint density at radius 2 is 1.81 bits per heavy atom. The zero-order valence-corrected chi connectivity index (χ0v) is 9.79. The van der Waals surface area contributed by atoms with Gasteiger partial charge in [-0.15, -0.1) is 0 Å². The van der Waals surface area contributed by atoms with Crippen molar-refractivity contribution in [1.82, 2.24) is 9.36 Å². The van der Waals surface area contributed by atoms with Gasteiger partial charge in [-0.3, -0.25) is 0 Å². The van der Waals surface area contributed by atoms with E-state index in [1.54, 1.807) is 0 Å². The lowest BCUT2D eigenvalue weighted by molar-refractivity contribution is 1.33. The summed E-state index contributed by atoms with van der Waals surface area (Å²) in [6, 6.07) is 14.4. The molecule has 0 amide bonds. The molecule has 0 saturated carbocycles. The fourth-order valence-corrected chi connectivity index (χ4v) is 2.27. The van der Waals surface area contributed by atoms with Crippen LogP contribution in [-0.4, -0.2) is 9.36 Å². The van der Waals surface area contributed by atoms with E-state index in [-0.39, 0.29) is 0 Å². The quantitative estimate of drug-likeness (QED) is 0.648. The van der Waals surface area contributed by atoms with E-state index in [1.165, 1.54) is 22.3 Å². The summed E-state index contributed by atoms with van der Waals surface area (Å²) in [5.41, 5.74) is 1.00. The van der Waals surface area contributed by atoms with Gasteiger partial charge in [-0.25, -0.2) is 4.98 Å². The first-order chi connectivity index (χ1) is 7.83. The Balaban J connectivity index is 2.18. The molecule has 0 radical (unpaired) electrons. The van der Waals surface area contributed by atoms with E-state index in [0.717, 1.165) is 5.56 Å². The maximum Gasteiger partial charge on any atom is 0.203 e. The van der Waals surface area contributed by atoms with E-state index in [2.05, 4.69) is 33.6 Å². The van der Waals surface area contributed by atoms with E-state index >= 15 is 0 Å². The number of fused-ring (bicyclic) bond motifs is 1. The summed E-state index contributed by atoms with van der Waals surface area (Å²) in [5.74, 6) is 0.695. The Bertz CT molecular complexity index is 648. The molecule has 2 aromatic carbocycles. The number of aromatic nitrogens is 2. The normalized spacial score (nSPS) is 10.8. The van der Waals surface area contributed by atoms with E-state index in [1.807, 2.05) is 18.2 Å². The van der Waals surface area contributed by atoms with Crippen LogP contribution in [0.5, 0.6) is 0 Å². The van der Waals surface area contributed by atoms with Gasteiger partial charge in [0.1, 0.15) is 0 Å². The predicted octanol–water partition coefficient (Wildman–Crippen LogP) is 4.01. The first-order valence-electron chi connectivity index (χ1n) is 4.81. The van der Waals surface area contributed by atoms with Crippen molar-refractivity contribution < 1.29 is 0 Å². The maximum atomic E-state index is 5.77. The minimum atomic E-state index is 0.475. The zero-order chi connectivity index (χ0) is 11.0. The molecule has 0 aliphatic carbocycles. The maximum absolute atomic E-state index is 5.77. The van der Waals surface area contributed by atoms with E-state index in [9.17, 15) is 0 Å². The van der Waals surface area contributed by atoms with Crippen molar-refractivity contribution in [3.05, 3.63) is 46.9 Å². The lowest BCUT2D eigenvalue weighted by Crippen LogP contribution is -1.80. The minimum Gasteiger partial charge on any atom is -0.203 e. The molecular formula is C12H7ClN2S. The van der Waals surface area contributed by atoms with Crippen molar-refractivity contribution in [2.45, 2.75) is 0 Å². The summed E-state index contributed by atoms with van der Waals surface area (Å²) >= 11 is 6.98. The van der Waals surface area contributed by atoms with Crippen LogP contribution in [0.15, 0.2) is 42.5 Å². The van der Waals surface area contributed by atoms with Gasteiger partial charge in [0.05, 0.1) is 0 Å². The second kappa shape index (κ2) is 3.85. The molecule has 0 fully saturated rings. The Morgan fingerprint density at radius 1 is 1.00 bits per heavy atom. The molecule has 1 heterocycles. The summed E-state index contributed by atoms with van der Waals surface area (Å²) in [4.78, 5) is 4.16. The van der Waals surface area contributed by atoms with Gasteiger partial charge in [-0.2, -0.15) is 4.37 Å². The average Bonchev–Trinajstić information content (AvgIpc) is 2.75. The highest BCUT2D eigenvalue weighted by molar-refractivity contribution is 7.10. The molecule has 0 N–H and O–H groups in total. The molecule has 0 aliphatic heterocycles. The monoisotopic (exact) mass is 246 g/mol.